The molecule has 0 saturated heterocycles. The predicted octanol–water partition coefficient (Wildman–Crippen LogP) is 4.71. The summed E-state index contributed by atoms with van der Waals surface area (Å²) in [6.45, 7) is 9.41. The van der Waals surface area contributed by atoms with E-state index >= 15 is 0 Å². The van der Waals surface area contributed by atoms with Crippen LogP contribution in [0, 0.1) is 0 Å². The van der Waals surface area contributed by atoms with Crippen LogP contribution < -0.4 is 5.32 Å². The molecule has 0 aliphatic carbocycles. The van der Waals surface area contributed by atoms with Crippen LogP contribution >= 0.6 is 0 Å². The molecular formula is C18H33NO3Si. The van der Waals surface area contributed by atoms with Gasteiger partial charge in [0.2, 0.25) is 0 Å². The molecule has 0 amide bonds. The summed E-state index contributed by atoms with van der Waals surface area (Å²) in [5.74, 6) is 0. The molecule has 1 N–H and O–H groups in total. The minimum atomic E-state index is -2.54. The summed E-state index contributed by atoms with van der Waals surface area (Å²) in [6, 6.07) is 11.1. The van der Waals surface area contributed by atoms with Crippen LogP contribution in [0.1, 0.15) is 46.5 Å². The molecule has 0 aliphatic rings. The Kier molecular flexibility index (Phi) is 11.0. The molecule has 5 heteroatoms. The summed E-state index contributed by atoms with van der Waals surface area (Å²) >= 11 is 0. The number of hydrogen-bond acceptors (Lipinski definition) is 4. The van der Waals surface area contributed by atoms with E-state index in [4.69, 9.17) is 13.3 Å². The van der Waals surface area contributed by atoms with Gasteiger partial charge in [0, 0.05) is 38.1 Å². The van der Waals surface area contributed by atoms with E-state index in [9.17, 15) is 0 Å². The van der Waals surface area contributed by atoms with Crippen molar-refractivity contribution in [3.05, 3.63) is 30.3 Å². The molecule has 1 aromatic rings. The Bertz CT molecular complexity index is 367. The molecule has 0 aliphatic heterocycles. The molecule has 0 radical (unpaired) electrons. The van der Waals surface area contributed by atoms with Crippen molar-refractivity contribution in [1.29, 1.82) is 0 Å². The highest BCUT2D eigenvalue weighted by molar-refractivity contribution is 6.60. The van der Waals surface area contributed by atoms with Crippen LogP contribution in [0.15, 0.2) is 30.3 Å². The van der Waals surface area contributed by atoms with Gasteiger partial charge in [0.25, 0.3) is 0 Å². The van der Waals surface area contributed by atoms with Gasteiger partial charge in [-0.25, -0.2) is 0 Å². The van der Waals surface area contributed by atoms with Gasteiger partial charge in [0.05, 0.1) is 0 Å². The van der Waals surface area contributed by atoms with E-state index in [0.717, 1.165) is 44.0 Å². The van der Waals surface area contributed by atoms with E-state index in [1.807, 2.05) is 18.2 Å². The van der Waals surface area contributed by atoms with Gasteiger partial charge < -0.3 is 18.6 Å². The number of nitrogens with one attached hydrogen (secondary N) is 1. The Morgan fingerprint density at radius 2 is 1.35 bits per heavy atom. The molecule has 132 valence electrons. The lowest BCUT2D eigenvalue weighted by Crippen LogP contribution is -2.46. The Labute approximate surface area is 142 Å². The summed E-state index contributed by atoms with van der Waals surface area (Å²) in [5, 5.41) is 3.44. The molecule has 0 aromatic heterocycles. The van der Waals surface area contributed by atoms with Gasteiger partial charge in [-0.15, -0.1) is 0 Å². The molecule has 0 fully saturated rings. The first-order valence-corrected chi connectivity index (χ1v) is 10.9. The summed E-state index contributed by atoms with van der Waals surface area (Å²) in [5.41, 5.74) is 1.15. The van der Waals surface area contributed by atoms with Crippen molar-refractivity contribution >= 4 is 14.5 Å². The number of rotatable bonds is 14. The molecule has 0 unspecified atom stereocenters. The average molecular weight is 340 g/mol. The van der Waals surface area contributed by atoms with Gasteiger partial charge >= 0.3 is 8.80 Å². The fourth-order valence-electron chi connectivity index (χ4n) is 2.21. The maximum absolute atomic E-state index is 6.10. The summed E-state index contributed by atoms with van der Waals surface area (Å²) < 4.78 is 18.3. The fraction of sp³-hybridized carbons (Fsp3) is 0.667. The Hall–Kier alpha value is -0.883. The smallest absolute Gasteiger partial charge is 0.385 e. The van der Waals surface area contributed by atoms with E-state index in [2.05, 4.69) is 38.2 Å². The minimum Gasteiger partial charge on any atom is -0.385 e. The van der Waals surface area contributed by atoms with Crippen molar-refractivity contribution in [2.75, 3.05) is 31.7 Å². The molecule has 1 aromatic carbocycles. The van der Waals surface area contributed by atoms with Gasteiger partial charge in [0.15, 0.2) is 0 Å². The second kappa shape index (κ2) is 12.5. The Balaban J connectivity index is 2.50. The standard InChI is InChI=1S/C18H33NO3Si/c1-4-14-20-23(21-15-5-2,22-16-6-3)17-10-13-19-18-11-8-7-9-12-18/h7-9,11-12,19H,4-6,10,13-17H2,1-3H3. The monoisotopic (exact) mass is 339 g/mol. The molecule has 0 atom stereocenters. The predicted molar refractivity (Wildman–Crippen MR) is 98.8 cm³/mol. The van der Waals surface area contributed by atoms with Crippen molar-refractivity contribution in [3.63, 3.8) is 0 Å². The van der Waals surface area contributed by atoms with Crippen molar-refractivity contribution in [2.24, 2.45) is 0 Å². The van der Waals surface area contributed by atoms with Crippen molar-refractivity contribution < 1.29 is 13.3 Å². The third kappa shape index (κ3) is 8.51. The quantitative estimate of drug-likeness (QED) is 0.394. The first-order chi connectivity index (χ1) is 11.3. The highest BCUT2D eigenvalue weighted by Crippen LogP contribution is 2.20. The number of para-hydroxylation sites is 1. The minimum absolute atomic E-state index is 0.714. The first kappa shape index (κ1) is 20.2. The zero-order valence-electron chi connectivity index (χ0n) is 15.0. The second-order valence-corrected chi connectivity index (χ2v) is 8.36. The molecule has 0 saturated carbocycles. The summed E-state index contributed by atoms with van der Waals surface area (Å²) in [6.07, 6.45) is 3.95. The number of benzene rings is 1. The number of anilines is 1. The van der Waals surface area contributed by atoms with E-state index < -0.39 is 8.80 Å². The SMILES string of the molecule is CCCO[Si](CCCNc1ccccc1)(OCCC)OCCC. The molecule has 23 heavy (non-hydrogen) atoms. The maximum atomic E-state index is 6.10. The molecule has 0 heterocycles. The summed E-state index contributed by atoms with van der Waals surface area (Å²) in [7, 11) is -2.54. The van der Waals surface area contributed by atoms with E-state index in [1.54, 1.807) is 0 Å². The van der Waals surface area contributed by atoms with Gasteiger partial charge in [0.1, 0.15) is 0 Å². The molecule has 0 bridgehead atoms. The lowest BCUT2D eigenvalue weighted by Gasteiger charge is -2.29. The van der Waals surface area contributed by atoms with Crippen LogP contribution in [-0.4, -0.2) is 35.2 Å². The van der Waals surface area contributed by atoms with Crippen LogP contribution in [0.5, 0.6) is 0 Å². The van der Waals surface area contributed by atoms with Gasteiger partial charge in [-0.3, -0.25) is 0 Å². The van der Waals surface area contributed by atoms with E-state index in [1.165, 1.54) is 0 Å². The van der Waals surface area contributed by atoms with Crippen molar-refractivity contribution in [3.8, 4) is 0 Å². The van der Waals surface area contributed by atoms with Crippen molar-refractivity contribution in [1.82, 2.24) is 0 Å². The zero-order valence-corrected chi connectivity index (χ0v) is 16.0. The molecule has 0 spiro atoms. The number of hydrogen-bond donors (Lipinski definition) is 1. The third-order valence-corrected chi connectivity index (χ3v) is 6.24. The van der Waals surface area contributed by atoms with E-state index in [0.29, 0.717) is 19.8 Å². The van der Waals surface area contributed by atoms with Crippen molar-refractivity contribution in [2.45, 2.75) is 52.5 Å². The van der Waals surface area contributed by atoms with Crippen LogP contribution in [0.2, 0.25) is 6.04 Å². The first-order valence-electron chi connectivity index (χ1n) is 8.97. The van der Waals surface area contributed by atoms with Crippen LogP contribution in [-0.2, 0) is 13.3 Å². The third-order valence-electron chi connectivity index (χ3n) is 3.34. The normalized spacial score (nSPS) is 11.6. The Morgan fingerprint density at radius 3 is 1.83 bits per heavy atom. The fourth-order valence-corrected chi connectivity index (χ4v) is 5.05. The van der Waals surface area contributed by atoms with Crippen LogP contribution in [0.4, 0.5) is 5.69 Å². The summed E-state index contributed by atoms with van der Waals surface area (Å²) in [4.78, 5) is 0. The average Bonchev–Trinajstić information content (AvgIpc) is 2.60. The highest BCUT2D eigenvalue weighted by Gasteiger charge is 2.40. The molecular weight excluding hydrogens is 306 g/mol. The lowest BCUT2D eigenvalue weighted by molar-refractivity contribution is 0.0590. The maximum Gasteiger partial charge on any atom is 0.501 e. The highest BCUT2D eigenvalue weighted by atomic mass is 28.4. The lowest BCUT2D eigenvalue weighted by atomic mass is 10.3. The molecule has 1 rings (SSSR count). The van der Waals surface area contributed by atoms with Gasteiger partial charge in [-0.1, -0.05) is 39.0 Å². The Morgan fingerprint density at radius 1 is 0.826 bits per heavy atom. The van der Waals surface area contributed by atoms with Gasteiger partial charge in [-0.2, -0.15) is 0 Å². The van der Waals surface area contributed by atoms with E-state index in [-0.39, 0.29) is 0 Å². The van der Waals surface area contributed by atoms with Gasteiger partial charge in [-0.05, 0) is 37.8 Å². The second-order valence-electron chi connectivity index (χ2n) is 5.62. The zero-order chi connectivity index (χ0) is 16.8. The largest absolute Gasteiger partial charge is 0.501 e. The van der Waals surface area contributed by atoms with Crippen LogP contribution in [0.3, 0.4) is 0 Å². The topological polar surface area (TPSA) is 39.7 Å². The molecule has 4 nitrogen and oxygen atoms in total. The van der Waals surface area contributed by atoms with Crippen LogP contribution in [0.25, 0.3) is 0 Å².